The van der Waals surface area contributed by atoms with Crippen LogP contribution in [0.3, 0.4) is 0 Å². The molecule has 3 N–H and O–H groups in total. The molecule has 0 saturated carbocycles. The fourth-order valence-electron chi connectivity index (χ4n) is 1.26. The van der Waals surface area contributed by atoms with Crippen molar-refractivity contribution in [3.8, 4) is 0 Å². The van der Waals surface area contributed by atoms with Crippen LogP contribution in [0.2, 0.25) is 0 Å². The van der Waals surface area contributed by atoms with Crippen LogP contribution in [-0.2, 0) is 9.59 Å². The molecule has 6 nitrogen and oxygen atoms in total. The number of rotatable bonds is 2. The highest BCUT2D eigenvalue weighted by Crippen LogP contribution is 2.18. The van der Waals surface area contributed by atoms with E-state index in [2.05, 4.69) is 10.4 Å². The van der Waals surface area contributed by atoms with Crippen molar-refractivity contribution in [3.05, 3.63) is 30.5 Å². The van der Waals surface area contributed by atoms with Crippen molar-refractivity contribution in [2.75, 3.05) is 10.3 Å². The molecule has 16 heavy (non-hydrogen) atoms. The molecular formula is C9H9ClN4O2. The van der Waals surface area contributed by atoms with Crippen molar-refractivity contribution in [2.45, 2.75) is 0 Å². The number of imide groups is 1. The van der Waals surface area contributed by atoms with Gasteiger partial charge in [0.2, 0.25) is 0 Å². The molecule has 0 fully saturated rings. The predicted octanol–water partition coefficient (Wildman–Crippen LogP) is 0.218. The Balaban J connectivity index is 0.00000128. The predicted molar refractivity (Wildman–Crippen MR) is 60.9 cm³/mol. The summed E-state index contributed by atoms with van der Waals surface area (Å²) >= 11 is 0. The summed E-state index contributed by atoms with van der Waals surface area (Å²) in [5, 5.41) is 0. The van der Waals surface area contributed by atoms with Crippen LogP contribution in [0.15, 0.2) is 30.5 Å². The van der Waals surface area contributed by atoms with Gasteiger partial charge in [0.25, 0.3) is 11.8 Å². The molecule has 2 rings (SSSR count). The number of nitrogens with one attached hydrogen (secondary N) is 1. The van der Waals surface area contributed by atoms with Crippen LogP contribution in [0, 0.1) is 0 Å². The summed E-state index contributed by atoms with van der Waals surface area (Å²) in [5.74, 6) is 4.87. The van der Waals surface area contributed by atoms with Gasteiger partial charge >= 0.3 is 0 Å². The summed E-state index contributed by atoms with van der Waals surface area (Å²) in [7, 11) is 0. The topological polar surface area (TPSA) is 88.3 Å². The molecule has 1 aromatic rings. The first-order valence-corrected chi connectivity index (χ1v) is 4.21. The molecule has 0 aliphatic carbocycles. The highest BCUT2D eigenvalue weighted by Gasteiger charge is 2.25. The molecule has 0 saturated heterocycles. The number of nitrogens with zero attached hydrogens (tertiary/aromatic N) is 2. The van der Waals surface area contributed by atoms with E-state index in [1.165, 1.54) is 18.3 Å². The molecule has 0 radical (unpaired) electrons. The number of anilines is 2. The Morgan fingerprint density at radius 3 is 2.25 bits per heavy atom. The van der Waals surface area contributed by atoms with E-state index >= 15 is 0 Å². The third-order valence-corrected chi connectivity index (χ3v) is 1.96. The van der Waals surface area contributed by atoms with E-state index < -0.39 is 0 Å². The normalized spacial score (nSPS) is 13.9. The van der Waals surface area contributed by atoms with Crippen LogP contribution in [0.1, 0.15) is 0 Å². The van der Waals surface area contributed by atoms with Gasteiger partial charge in [0.1, 0.15) is 5.82 Å². The summed E-state index contributed by atoms with van der Waals surface area (Å²) in [4.78, 5) is 27.5. The lowest BCUT2D eigenvalue weighted by molar-refractivity contribution is -0.119. The second kappa shape index (κ2) is 4.73. The summed E-state index contributed by atoms with van der Waals surface area (Å²) < 4.78 is 0. The van der Waals surface area contributed by atoms with Gasteiger partial charge in [-0.15, -0.1) is 12.4 Å². The zero-order valence-corrected chi connectivity index (χ0v) is 8.90. The monoisotopic (exact) mass is 240 g/mol. The fourth-order valence-corrected chi connectivity index (χ4v) is 1.26. The Labute approximate surface area is 97.5 Å². The number of carbonyl (C=O) groups excluding carboxylic acids is 2. The lowest BCUT2D eigenvalue weighted by Crippen LogP contribution is -2.29. The van der Waals surface area contributed by atoms with Crippen molar-refractivity contribution < 1.29 is 9.59 Å². The number of hydrazine groups is 1. The maximum atomic E-state index is 11.3. The van der Waals surface area contributed by atoms with Gasteiger partial charge in [-0.2, -0.15) is 0 Å². The molecule has 0 spiro atoms. The second-order valence-electron chi connectivity index (χ2n) is 2.89. The molecule has 0 aromatic carbocycles. The van der Waals surface area contributed by atoms with Crippen molar-refractivity contribution in [1.82, 2.24) is 4.98 Å². The Morgan fingerprint density at radius 2 is 1.81 bits per heavy atom. The molecular weight excluding hydrogens is 232 g/mol. The van der Waals surface area contributed by atoms with Gasteiger partial charge in [0.05, 0.1) is 11.9 Å². The molecule has 7 heteroatoms. The molecule has 2 heterocycles. The summed E-state index contributed by atoms with van der Waals surface area (Å²) in [6.07, 6.45) is 3.84. The zero-order valence-electron chi connectivity index (χ0n) is 8.08. The average molecular weight is 241 g/mol. The minimum atomic E-state index is -0.366. The Morgan fingerprint density at radius 1 is 1.19 bits per heavy atom. The minimum Gasteiger partial charge on any atom is -0.308 e. The third kappa shape index (κ3) is 2.02. The molecule has 0 unspecified atom stereocenters. The molecule has 0 atom stereocenters. The summed E-state index contributed by atoms with van der Waals surface area (Å²) in [6, 6.07) is 3.17. The first-order chi connectivity index (χ1) is 7.22. The first kappa shape index (κ1) is 12.2. The first-order valence-electron chi connectivity index (χ1n) is 4.21. The molecule has 0 bridgehead atoms. The number of hydrogen-bond donors (Lipinski definition) is 2. The maximum absolute atomic E-state index is 11.3. The van der Waals surface area contributed by atoms with Gasteiger partial charge in [-0.1, -0.05) is 0 Å². The van der Waals surface area contributed by atoms with Crippen molar-refractivity contribution >= 4 is 35.7 Å². The highest BCUT2D eigenvalue weighted by molar-refractivity contribution is 6.28. The number of carbonyl (C=O) groups is 2. The van der Waals surface area contributed by atoms with Crippen LogP contribution in [0.25, 0.3) is 0 Å². The number of aromatic nitrogens is 1. The summed E-state index contributed by atoms with van der Waals surface area (Å²) in [6.45, 7) is 0. The molecule has 1 aromatic heterocycles. The minimum absolute atomic E-state index is 0. The van der Waals surface area contributed by atoms with E-state index in [-0.39, 0.29) is 24.2 Å². The van der Waals surface area contributed by atoms with Gasteiger partial charge in [0.15, 0.2) is 0 Å². The van der Waals surface area contributed by atoms with Gasteiger partial charge < -0.3 is 5.43 Å². The van der Waals surface area contributed by atoms with Crippen molar-refractivity contribution in [3.63, 3.8) is 0 Å². The van der Waals surface area contributed by atoms with Crippen molar-refractivity contribution in [1.29, 1.82) is 0 Å². The number of halogens is 1. The van der Waals surface area contributed by atoms with Crippen LogP contribution in [0.4, 0.5) is 11.5 Å². The van der Waals surface area contributed by atoms with E-state index in [1.54, 1.807) is 12.1 Å². The Kier molecular flexibility index (Phi) is 3.60. The number of pyridine rings is 1. The fraction of sp³-hybridized carbons (Fsp3) is 0. The van der Waals surface area contributed by atoms with Crippen LogP contribution < -0.4 is 16.2 Å². The standard InChI is InChI=1S/C9H8N4O2.ClH/c10-12-7-2-1-6(5-11-7)13-8(14)3-4-9(13)15;/h1-5H,10H2,(H,11,12);1H. The lowest BCUT2D eigenvalue weighted by Gasteiger charge is -2.13. The van der Waals surface area contributed by atoms with Crippen LogP contribution in [0.5, 0.6) is 0 Å². The van der Waals surface area contributed by atoms with E-state index in [9.17, 15) is 9.59 Å². The van der Waals surface area contributed by atoms with E-state index in [0.717, 1.165) is 4.90 Å². The van der Waals surface area contributed by atoms with Gasteiger partial charge in [-0.3, -0.25) is 9.59 Å². The van der Waals surface area contributed by atoms with E-state index in [1.807, 2.05) is 0 Å². The van der Waals surface area contributed by atoms with Crippen molar-refractivity contribution in [2.24, 2.45) is 5.84 Å². The van der Waals surface area contributed by atoms with Crippen LogP contribution in [-0.4, -0.2) is 16.8 Å². The van der Waals surface area contributed by atoms with Gasteiger partial charge in [-0.05, 0) is 12.1 Å². The Bertz CT molecular complexity index is 425. The number of amides is 2. The van der Waals surface area contributed by atoms with Gasteiger partial charge in [-0.25, -0.2) is 15.7 Å². The second-order valence-corrected chi connectivity index (χ2v) is 2.89. The number of hydrogen-bond acceptors (Lipinski definition) is 5. The van der Waals surface area contributed by atoms with Crippen LogP contribution >= 0.6 is 12.4 Å². The number of nitrogens with two attached hydrogens (primary N) is 1. The third-order valence-electron chi connectivity index (χ3n) is 1.96. The zero-order chi connectivity index (χ0) is 10.8. The highest BCUT2D eigenvalue weighted by atomic mass is 35.5. The largest absolute Gasteiger partial charge is 0.308 e. The molecule has 1 aliphatic heterocycles. The lowest BCUT2D eigenvalue weighted by atomic mass is 10.3. The quantitative estimate of drug-likeness (QED) is 0.439. The van der Waals surface area contributed by atoms with E-state index in [0.29, 0.717) is 11.5 Å². The number of nitrogen functional groups attached to an aromatic ring is 1. The maximum Gasteiger partial charge on any atom is 0.258 e. The average Bonchev–Trinajstić information content (AvgIpc) is 2.59. The SMILES string of the molecule is Cl.NNc1ccc(N2C(=O)C=CC2=O)cn1. The summed E-state index contributed by atoms with van der Waals surface area (Å²) in [5.41, 5.74) is 2.78. The van der Waals surface area contributed by atoms with Gasteiger partial charge in [0, 0.05) is 12.2 Å². The molecule has 84 valence electrons. The molecule has 1 aliphatic rings. The van der Waals surface area contributed by atoms with E-state index in [4.69, 9.17) is 5.84 Å². The Hall–Kier alpha value is -1.92. The smallest absolute Gasteiger partial charge is 0.258 e. The molecule has 2 amide bonds.